The second-order valence-corrected chi connectivity index (χ2v) is 13.2. The van der Waals surface area contributed by atoms with Crippen LogP contribution in [0.3, 0.4) is 0 Å². The van der Waals surface area contributed by atoms with Crippen molar-refractivity contribution in [3.63, 3.8) is 0 Å². The molecule has 1 aromatic carbocycles. The van der Waals surface area contributed by atoms with Crippen molar-refractivity contribution in [2.45, 2.75) is 58.9 Å². The minimum Gasteiger partial charge on any atom is -0.520 e. The molecule has 0 N–H and O–H groups in total. The van der Waals surface area contributed by atoms with Crippen LogP contribution in [-0.2, 0) is 30.7 Å². The van der Waals surface area contributed by atoms with Gasteiger partial charge in [-0.2, -0.15) is 12.6 Å². The van der Waals surface area contributed by atoms with E-state index in [2.05, 4.69) is 37.4 Å². The van der Waals surface area contributed by atoms with Gasteiger partial charge in [-0.25, -0.2) is 0 Å². The number of thiol groups is 1. The molecule has 0 saturated heterocycles. The Hall–Kier alpha value is -0.356. The zero-order valence-electron chi connectivity index (χ0n) is 17.1. The van der Waals surface area contributed by atoms with Crippen LogP contribution in [0, 0.1) is 0 Å². The largest absolute Gasteiger partial charge is 0.520 e. The van der Waals surface area contributed by atoms with Gasteiger partial charge in [-0.1, -0.05) is 6.07 Å². The topological polar surface area (TPSA) is 46.2 Å². The van der Waals surface area contributed by atoms with Crippen molar-refractivity contribution >= 4 is 30.0 Å². The van der Waals surface area contributed by atoms with Crippen molar-refractivity contribution in [1.82, 2.24) is 0 Å². The number of benzene rings is 1. The van der Waals surface area contributed by atoms with Crippen LogP contribution in [0.2, 0.25) is 18.6 Å². The van der Waals surface area contributed by atoms with E-state index in [4.69, 9.17) is 22.1 Å². The number of hydrogen-bond acceptors (Lipinski definition) is 6. The molecule has 2 rings (SSSR count). The van der Waals surface area contributed by atoms with Gasteiger partial charge in [-0.3, -0.25) is 0 Å². The Morgan fingerprint density at radius 3 is 2.37 bits per heavy atom. The molecule has 0 aromatic heterocycles. The van der Waals surface area contributed by atoms with Crippen molar-refractivity contribution in [1.29, 1.82) is 0 Å². The summed E-state index contributed by atoms with van der Waals surface area (Å²) >= 11 is 4.30. The van der Waals surface area contributed by atoms with E-state index in [1.54, 1.807) is 0 Å². The lowest BCUT2D eigenvalue weighted by molar-refractivity contribution is 0.0714. The molecule has 1 aliphatic heterocycles. The maximum absolute atomic E-state index is 6.25. The van der Waals surface area contributed by atoms with E-state index in [0.717, 1.165) is 42.0 Å². The summed E-state index contributed by atoms with van der Waals surface area (Å²) in [5.74, 6) is 1.84. The zero-order valence-corrected chi connectivity index (χ0v) is 20.0. The Bertz CT molecular complexity index is 572. The highest BCUT2D eigenvalue weighted by molar-refractivity contribution is 7.80. The molecule has 1 unspecified atom stereocenters. The highest BCUT2D eigenvalue weighted by atomic mass is 32.1. The molecular formula is C19H34O5SSi2. The summed E-state index contributed by atoms with van der Waals surface area (Å²) < 4.78 is 30.2. The summed E-state index contributed by atoms with van der Waals surface area (Å²) in [5, 5.41) is 0. The van der Waals surface area contributed by atoms with Crippen molar-refractivity contribution in [2.75, 3.05) is 25.6 Å². The second-order valence-electron chi connectivity index (χ2n) is 6.78. The predicted octanol–water partition coefficient (Wildman–Crippen LogP) is 4.58. The monoisotopic (exact) mass is 430 g/mol. The number of hydrogen-bond donors (Lipinski definition) is 1. The summed E-state index contributed by atoms with van der Waals surface area (Å²) in [5.41, 5.74) is 2.36. The fourth-order valence-corrected chi connectivity index (χ4v) is 8.62. The van der Waals surface area contributed by atoms with Crippen LogP contribution in [0.15, 0.2) is 18.2 Å². The average molecular weight is 431 g/mol. The molecule has 0 amide bonds. The van der Waals surface area contributed by atoms with Crippen LogP contribution in [0.25, 0.3) is 0 Å². The number of aryl methyl sites for hydroxylation is 1. The Morgan fingerprint density at radius 2 is 1.78 bits per heavy atom. The third kappa shape index (κ3) is 6.59. The smallest absolute Gasteiger partial charge is 0.501 e. The summed E-state index contributed by atoms with van der Waals surface area (Å²) in [6.45, 7) is 10.5. The van der Waals surface area contributed by atoms with Gasteiger partial charge in [0, 0.05) is 37.5 Å². The van der Waals surface area contributed by atoms with Crippen molar-refractivity contribution in [3.05, 3.63) is 29.3 Å². The Labute approximate surface area is 171 Å². The lowest BCUT2D eigenvalue weighted by Gasteiger charge is -2.33. The van der Waals surface area contributed by atoms with Crippen molar-refractivity contribution in [2.24, 2.45) is 0 Å². The van der Waals surface area contributed by atoms with Gasteiger partial charge in [-0.05, 0) is 63.6 Å². The molecular weight excluding hydrogens is 396 g/mol. The van der Waals surface area contributed by atoms with Crippen LogP contribution in [0.5, 0.6) is 5.75 Å². The normalized spacial score (nSPS) is 19.6. The maximum atomic E-state index is 6.25. The van der Waals surface area contributed by atoms with E-state index in [1.165, 1.54) is 5.56 Å². The molecule has 0 fully saturated rings. The third-order valence-corrected chi connectivity index (χ3v) is 10.6. The van der Waals surface area contributed by atoms with Gasteiger partial charge in [0.15, 0.2) is 0 Å². The molecule has 8 heteroatoms. The van der Waals surface area contributed by atoms with Crippen LogP contribution in [-0.4, -0.2) is 42.9 Å². The molecule has 0 aliphatic carbocycles. The molecule has 1 heterocycles. The van der Waals surface area contributed by atoms with Gasteiger partial charge in [0.1, 0.15) is 5.75 Å². The summed E-state index contributed by atoms with van der Waals surface area (Å²) in [4.78, 5) is 0. The van der Waals surface area contributed by atoms with E-state index in [9.17, 15) is 0 Å². The average Bonchev–Trinajstić information content (AvgIpc) is 2.65. The lowest BCUT2D eigenvalue weighted by atomic mass is 10.1. The van der Waals surface area contributed by atoms with E-state index in [0.29, 0.717) is 26.4 Å². The van der Waals surface area contributed by atoms with Crippen LogP contribution >= 0.6 is 12.6 Å². The maximum Gasteiger partial charge on any atom is 0.501 e. The zero-order chi connectivity index (χ0) is 19.8. The van der Waals surface area contributed by atoms with Gasteiger partial charge in [0.2, 0.25) is 0 Å². The molecule has 1 aromatic rings. The standard InChI is InChI=1S/C19H34O5SSi2/c1-5-20-27(21-6-2,22-7-3)14-11-17-9-10-19-18(15-17)16-23-26(4,24-19)13-8-12-25/h9-10,15,25H,5-8,11-14,16H2,1-4H3. The first-order valence-corrected chi connectivity index (χ1v) is 15.1. The highest BCUT2D eigenvalue weighted by Gasteiger charge is 2.40. The van der Waals surface area contributed by atoms with Gasteiger partial charge >= 0.3 is 17.4 Å². The van der Waals surface area contributed by atoms with Crippen LogP contribution < -0.4 is 4.43 Å². The lowest BCUT2D eigenvalue weighted by Crippen LogP contribution is -2.46. The molecule has 154 valence electrons. The molecule has 1 aliphatic rings. The van der Waals surface area contributed by atoms with Gasteiger partial charge in [0.25, 0.3) is 0 Å². The minimum atomic E-state index is -2.61. The van der Waals surface area contributed by atoms with Crippen LogP contribution in [0.4, 0.5) is 0 Å². The molecule has 0 radical (unpaired) electrons. The Morgan fingerprint density at radius 1 is 1.11 bits per heavy atom. The van der Waals surface area contributed by atoms with E-state index < -0.39 is 17.4 Å². The van der Waals surface area contributed by atoms with Crippen molar-refractivity contribution < 1.29 is 22.1 Å². The van der Waals surface area contributed by atoms with E-state index >= 15 is 0 Å². The quantitative estimate of drug-likeness (QED) is 0.388. The van der Waals surface area contributed by atoms with E-state index in [-0.39, 0.29) is 0 Å². The summed E-state index contributed by atoms with van der Waals surface area (Å²) in [7, 11) is -4.72. The van der Waals surface area contributed by atoms with Gasteiger partial charge in [0.05, 0.1) is 6.61 Å². The molecule has 0 bridgehead atoms. The fourth-order valence-electron chi connectivity index (χ4n) is 3.32. The molecule has 5 nitrogen and oxygen atoms in total. The SMILES string of the molecule is CCO[Si](CCc1ccc2c(c1)CO[Si](C)(CCCS)O2)(OCC)OCC. The molecule has 0 spiro atoms. The predicted molar refractivity (Wildman–Crippen MR) is 116 cm³/mol. The first kappa shape index (κ1) is 22.9. The third-order valence-electron chi connectivity index (χ3n) is 4.59. The molecule has 27 heavy (non-hydrogen) atoms. The summed E-state index contributed by atoms with van der Waals surface area (Å²) in [6.07, 6.45) is 1.88. The van der Waals surface area contributed by atoms with E-state index in [1.807, 2.05) is 20.8 Å². The van der Waals surface area contributed by atoms with Crippen molar-refractivity contribution in [3.8, 4) is 5.75 Å². The van der Waals surface area contributed by atoms with Gasteiger partial charge < -0.3 is 22.1 Å². The fraction of sp³-hybridized carbons (Fsp3) is 0.684. The highest BCUT2D eigenvalue weighted by Crippen LogP contribution is 2.33. The Kier molecular flexibility index (Phi) is 9.33. The summed E-state index contributed by atoms with van der Waals surface area (Å²) in [6, 6.07) is 8.16. The second kappa shape index (κ2) is 11.0. The number of fused-ring (bicyclic) bond motifs is 1. The molecule has 0 saturated carbocycles. The molecule has 1 atom stereocenters. The first-order valence-electron chi connectivity index (χ1n) is 9.97. The minimum absolute atomic E-state index is 0.605. The van der Waals surface area contributed by atoms with Gasteiger partial charge in [-0.15, -0.1) is 0 Å². The van der Waals surface area contributed by atoms with Crippen LogP contribution in [0.1, 0.15) is 38.3 Å². The number of rotatable bonds is 12. The Balaban J connectivity index is 2.04. The first-order chi connectivity index (χ1) is 13.0.